The molecular weight excluding hydrogens is 240 g/mol. The summed E-state index contributed by atoms with van der Waals surface area (Å²) in [6.45, 7) is 2.30. The van der Waals surface area contributed by atoms with Gasteiger partial charge in [0, 0.05) is 20.1 Å². The average Bonchev–Trinajstić information content (AvgIpc) is 2.81. The second-order valence-corrected chi connectivity index (χ2v) is 5.35. The summed E-state index contributed by atoms with van der Waals surface area (Å²) in [6.07, 6.45) is 5.85. The molecule has 1 aliphatic heterocycles. The molecule has 6 heteroatoms. The summed E-state index contributed by atoms with van der Waals surface area (Å²) < 4.78 is 1.79. The van der Waals surface area contributed by atoms with Crippen molar-refractivity contribution >= 4 is 16.9 Å². The average molecular weight is 260 g/mol. The van der Waals surface area contributed by atoms with Gasteiger partial charge in [0.1, 0.15) is 12.1 Å². The molecule has 3 heterocycles. The zero-order valence-corrected chi connectivity index (χ0v) is 11.7. The van der Waals surface area contributed by atoms with E-state index in [0.29, 0.717) is 6.04 Å². The van der Waals surface area contributed by atoms with Crippen LogP contribution in [0.3, 0.4) is 0 Å². The van der Waals surface area contributed by atoms with Crippen LogP contribution < -0.4 is 4.90 Å². The van der Waals surface area contributed by atoms with Gasteiger partial charge in [0.15, 0.2) is 5.65 Å². The number of aromatic nitrogens is 4. The lowest BCUT2D eigenvalue weighted by atomic mass is 10.0. The molecule has 0 atom stereocenters. The van der Waals surface area contributed by atoms with Crippen molar-refractivity contribution in [1.29, 1.82) is 0 Å². The molecule has 0 bridgehead atoms. The van der Waals surface area contributed by atoms with Crippen molar-refractivity contribution in [2.75, 3.05) is 32.1 Å². The van der Waals surface area contributed by atoms with Gasteiger partial charge in [-0.05, 0) is 33.0 Å². The zero-order valence-electron chi connectivity index (χ0n) is 11.7. The van der Waals surface area contributed by atoms with Gasteiger partial charge in [-0.3, -0.25) is 4.68 Å². The Hall–Kier alpha value is -1.69. The van der Waals surface area contributed by atoms with Crippen molar-refractivity contribution in [2.45, 2.75) is 18.9 Å². The van der Waals surface area contributed by atoms with Crippen molar-refractivity contribution in [1.82, 2.24) is 24.6 Å². The lowest BCUT2D eigenvalue weighted by molar-refractivity contribution is 0.252. The topological polar surface area (TPSA) is 50.1 Å². The Labute approximate surface area is 113 Å². The van der Waals surface area contributed by atoms with Gasteiger partial charge in [-0.1, -0.05) is 0 Å². The van der Waals surface area contributed by atoms with Crippen molar-refractivity contribution in [3.8, 4) is 0 Å². The van der Waals surface area contributed by atoms with Crippen LogP contribution in [0.25, 0.3) is 11.0 Å². The first kappa shape index (κ1) is 12.3. The highest BCUT2D eigenvalue weighted by Gasteiger charge is 2.23. The fourth-order valence-corrected chi connectivity index (χ4v) is 2.79. The predicted octanol–water partition coefficient (Wildman–Crippen LogP) is 0.894. The number of nitrogens with zero attached hydrogens (tertiary/aromatic N) is 6. The number of hydrogen-bond donors (Lipinski definition) is 0. The molecule has 2 aromatic heterocycles. The lowest BCUT2D eigenvalue weighted by Gasteiger charge is -2.35. The molecule has 0 saturated carbocycles. The van der Waals surface area contributed by atoms with E-state index >= 15 is 0 Å². The van der Waals surface area contributed by atoms with E-state index in [0.717, 1.165) is 29.9 Å². The number of likely N-dealkylation sites (tertiary alicyclic amines) is 1. The highest BCUT2D eigenvalue weighted by Crippen LogP contribution is 2.25. The van der Waals surface area contributed by atoms with Crippen LogP contribution in [0.15, 0.2) is 12.5 Å². The van der Waals surface area contributed by atoms with Gasteiger partial charge < -0.3 is 9.80 Å². The molecule has 1 saturated heterocycles. The van der Waals surface area contributed by atoms with Crippen molar-refractivity contribution in [3.05, 3.63) is 12.5 Å². The molecule has 0 amide bonds. The minimum atomic E-state index is 0.550. The second kappa shape index (κ2) is 4.77. The molecule has 0 spiro atoms. The molecule has 1 aliphatic rings. The predicted molar refractivity (Wildman–Crippen MR) is 75.2 cm³/mol. The number of piperidine rings is 1. The molecule has 0 unspecified atom stereocenters. The third kappa shape index (κ3) is 2.16. The largest absolute Gasteiger partial charge is 0.356 e. The molecule has 6 nitrogen and oxygen atoms in total. The minimum Gasteiger partial charge on any atom is -0.356 e. The summed E-state index contributed by atoms with van der Waals surface area (Å²) in [5.74, 6) is 0.993. The van der Waals surface area contributed by atoms with Gasteiger partial charge in [0.2, 0.25) is 0 Å². The summed E-state index contributed by atoms with van der Waals surface area (Å²) in [5, 5.41) is 5.31. The van der Waals surface area contributed by atoms with Crippen LogP contribution in [0.4, 0.5) is 5.82 Å². The molecule has 19 heavy (non-hydrogen) atoms. The Balaban J connectivity index is 1.91. The maximum atomic E-state index is 4.46. The number of rotatable bonds is 2. The molecular formula is C13H20N6. The van der Waals surface area contributed by atoms with Gasteiger partial charge in [0.25, 0.3) is 0 Å². The highest BCUT2D eigenvalue weighted by atomic mass is 15.3. The Bertz CT molecular complexity index is 570. The van der Waals surface area contributed by atoms with Gasteiger partial charge in [0.05, 0.1) is 11.6 Å². The highest BCUT2D eigenvalue weighted by molar-refractivity contribution is 5.86. The third-order valence-corrected chi connectivity index (χ3v) is 4.08. The van der Waals surface area contributed by atoms with Crippen molar-refractivity contribution in [3.63, 3.8) is 0 Å². The van der Waals surface area contributed by atoms with E-state index < -0.39 is 0 Å². The smallest absolute Gasteiger partial charge is 0.163 e. The monoisotopic (exact) mass is 260 g/mol. The quantitative estimate of drug-likeness (QED) is 0.803. The SMILES string of the molecule is CN1CCC(N(C)c2ncnc3c2cnn3C)CC1. The van der Waals surface area contributed by atoms with E-state index in [2.05, 4.69) is 39.0 Å². The standard InChI is InChI=1S/C13H20N6/c1-17-6-4-10(5-7-17)18(2)12-11-8-16-19(3)13(11)15-9-14-12/h8-10H,4-7H2,1-3H3. The second-order valence-electron chi connectivity index (χ2n) is 5.35. The molecule has 2 aromatic rings. The summed E-state index contributed by atoms with van der Waals surface area (Å²) in [5.41, 5.74) is 0.893. The first-order valence-electron chi connectivity index (χ1n) is 6.71. The fraction of sp³-hybridized carbons (Fsp3) is 0.615. The summed E-state index contributed by atoms with van der Waals surface area (Å²) in [7, 11) is 6.22. The molecule has 102 valence electrons. The Morgan fingerprint density at radius 3 is 2.68 bits per heavy atom. The third-order valence-electron chi connectivity index (χ3n) is 4.08. The van der Waals surface area contributed by atoms with E-state index in [9.17, 15) is 0 Å². The van der Waals surface area contributed by atoms with Crippen LogP contribution in [0.1, 0.15) is 12.8 Å². The Kier molecular flexibility index (Phi) is 3.10. The molecule has 0 aromatic carbocycles. The number of hydrogen-bond acceptors (Lipinski definition) is 5. The Morgan fingerprint density at radius 1 is 1.21 bits per heavy atom. The molecule has 0 aliphatic carbocycles. The molecule has 0 radical (unpaired) electrons. The van der Waals surface area contributed by atoms with Crippen molar-refractivity contribution < 1.29 is 0 Å². The summed E-state index contributed by atoms with van der Waals surface area (Å²) >= 11 is 0. The summed E-state index contributed by atoms with van der Waals surface area (Å²) in [4.78, 5) is 13.4. The van der Waals surface area contributed by atoms with Gasteiger partial charge in [-0.15, -0.1) is 0 Å². The van der Waals surface area contributed by atoms with Crippen LogP contribution in [0.5, 0.6) is 0 Å². The first-order valence-corrected chi connectivity index (χ1v) is 6.71. The molecule has 1 fully saturated rings. The Morgan fingerprint density at radius 2 is 1.95 bits per heavy atom. The number of anilines is 1. The number of fused-ring (bicyclic) bond motifs is 1. The molecule has 3 rings (SSSR count). The van der Waals surface area contributed by atoms with Crippen molar-refractivity contribution in [2.24, 2.45) is 7.05 Å². The van der Waals surface area contributed by atoms with E-state index in [1.807, 2.05) is 13.2 Å². The van der Waals surface area contributed by atoms with Crippen LogP contribution in [0, 0.1) is 0 Å². The van der Waals surface area contributed by atoms with Gasteiger partial charge >= 0.3 is 0 Å². The van der Waals surface area contributed by atoms with Crippen LogP contribution in [-0.2, 0) is 7.05 Å². The first-order chi connectivity index (χ1) is 9.16. The van der Waals surface area contributed by atoms with E-state index in [1.165, 1.54) is 12.8 Å². The van der Waals surface area contributed by atoms with Gasteiger partial charge in [-0.25, -0.2) is 9.97 Å². The summed E-state index contributed by atoms with van der Waals surface area (Å²) in [6, 6.07) is 0.550. The minimum absolute atomic E-state index is 0.550. The van der Waals surface area contributed by atoms with E-state index in [1.54, 1.807) is 11.0 Å². The normalized spacial score (nSPS) is 18.1. The van der Waals surface area contributed by atoms with Crippen LogP contribution in [-0.4, -0.2) is 57.9 Å². The molecule has 0 N–H and O–H groups in total. The number of aryl methyl sites for hydroxylation is 1. The maximum Gasteiger partial charge on any atom is 0.163 e. The van der Waals surface area contributed by atoms with E-state index in [4.69, 9.17) is 0 Å². The fourth-order valence-electron chi connectivity index (χ4n) is 2.79. The lowest BCUT2D eigenvalue weighted by Crippen LogP contribution is -2.42. The zero-order chi connectivity index (χ0) is 13.4. The van der Waals surface area contributed by atoms with Gasteiger partial charge in [-0.2, -0.15) is 5.10 Å². The van der Waals surface area contributed by atoms with Crippen LogP contribution >= 0.6 is 0 Å². The van der Waals surface area contributed by atoms with Crippen LogP contribution in [0.2, 0.25) is 0 Å². The maximum absolute atomic E-state index is 4.46. The van der Waals surface area contributed by atoms with E-state index in [-0.39, 0.29) is 0 Å².